The Morgan fingerprint density at radius 1 is 1.27 bits per heavy atom. The molecule has 9 heteroatoms. The van der Waals surface area contributed by atoms with Crippen LogP contribution in [0.25, 0.3) is 22.3 Å². The predicted octanol–water partition coefficient (Wildman–Crippen LogP) is 2.05. The van der Waals surface area contributed by atoms with Gasteiger partial charge >= 0.3 is 6.18 Å². The Bertz CT molecular complexity index is 913. The van der Waals surface area contributed by atoms with Crippen LogP contribution in [0.1, 0.15) is 5.69 Å². The first kappa shape index (κ1) is 14.1. The molecule has 0 aromatic carbocycles. The molecule has 0 saturated carbocycles. The van der Waals surface area contributed by atoms with Gasteiger partial charge in [0.05, 0.1) is 5.69 Å². The minimum absolute atomic E-state index is 0.0108. The van der Waals surface area contributed by atoms with Gasteiger partial charge < -0.3 is 10.1 Å². The molecule has 3 aromatic rings. The number of hydrogen-bond donors (Lipinski definition) is 2. The van der Waals surface area contributed by atoms with Crippen molar-refractivity contribution in [1.82, 2.24) is 19.7 Å². The van der Waals surface area contributed by atoms with Gasteiger partial charge in [0.15, 0.2) is 11.4 Å². The fraction of sp³-hybridized carbons (Fsp3) is 0.154. The van der Waals surface area contributed by atoms with Crippen LogP contribution in [0.5, 0.6) is 5.75 Å². The van der Waals surface area contributed by atoms with Crippen molar-refractivity contribution in [2.45, 2.75) is 6.18 Å². The number of pyridine rings is 2. The number of hydrogen-bond acceptors (Lipinski definition) is 4. The molecule has 0 aliphatic rings. The molecule has 0 fully saturated rings. The lowest BCUT2D eigenvalue weighted by Gasteiger charge is -2.06. The van der Waals surface area contributed by atoms with Crippen molar-refractivity contribution in [3.8, 4) is 17.0 Å². The average molecular weight is 310 g/mol. The molecule has 3 rings (SSSR count). The topological polar surface area (TPSA) is 83.8 Å². The van der Waals surface area contributed by atoms with Gasteiger partial charge in [0.25, 0.3) is 0 Å². The Kier molecular flexibility index (Phi) is 2.94. The summed E-state index contributed by atoms with van der Waals surface area (Å²) in [7, 11) is 1.28. The molecule has 0 amide bonds. The zero-order valence-electron chi connectivity index (χ0n) is 11.1. The first-order valence-electron chi connectivity index (χ1n) is 6.10. The Morgan fingerprint density at radius 3 is 2.50 bits per heavy atom. The number of rotatable bonds is 1. The average Bonchev–Trinajstić information content (AvgIpc) is 2.81. The number of aryl methyl sites for hydroxylation is 1. The summed E-state index contributed by atoms with van der Waals surface area (Å²) in [5.41, 5.74) is -2.15. The molecule has 0 radical (unpaired) electrons. The highest BCUT2D eigenvalue weighted by molar-refractivity contribution is 5.84. The third-order valence-electron chi connectivity index (χ3n) is 3.21. The van der Waals surface area contributed by atoms with E-state index >= 15 is 0 Å². The molecule has 22 heavy (non-hydrogen) atoms. The summed E-state index contributed by atoms with van der Waals surface area (Å²) < 4.78 is 39.8. The molecular weight excluding hydrogens is 301 g/mol. The van der Waals surface area contributed by atoms with E-state index in [4.69, 9.17) is 0 Å². The van der Waals surface area contributed by atoms with E-state index in [1.807, 2.05) is 0 Å². The highest BCUT2D eigenvalue weighted by Gasteiger charge is 2.38. The number of aromatic hydroxyl groups is 1. The highest BCUT2D eigenvalue weighted by atomic mass is 19.4. The molecule has 114 valence electrons. The Balaban J connectivity index is 2.41. The second-order valence-electron chi connectivity index (χ2n) is 4.61. The lowest BCUT2D eigenvalue weighted by atomic mass is 10.1. The molecule has 0 atom stereocenters. The fourth-order valence-corrected chi connectivity index (χ4v) is 2.22. The van der Waals surface area contributed by atoms with E-state index in [0.29, 0.717) is 5.56 Å². The maximum Gasteiger partial charge on any atom is 0.435 e. The lowest BCUT2D eigenvalue weighted by molar-refractivity contribution is -0.140. The van der Waals surface area contributed by atoms with Gasteiger partial charge in [0.1, 0.15) is 11.0 Å². The van der Waals surface area contributed by atoms with Crippen molar-refractivity contribution in [2.75, 3.05) is 0 Å². The maximum atomic E-state index is 12.9. The summed E-state index contributed by atoms with van der Waals surface area (Å²) in [6, 6.07) is 3.02. The summed E-state index contributed by atoms with van der Waals surface area (Å²) in [5.74, 6) is -0.794. The standard InChI is InChI=1S/C13H9F3N4O2/c1-20-12-7(11(19-20)13(14,15)16)9(21)10(22)8(18-12)6-2-4-17-5-3-6/h2-5,22H,1H3,(H,18,21). The molecule has 6 nitrogen and oxygen atoms in total. The van der Waals surface area contributed by atoms with Gasteiger partial charge in [0.2, 0.25) is 5.43 Å². The van der Waals surface area contributed by atoms with Crippen molar-refractivity contribution < 1.29 is 18.3 Å². The Morgan fingerprint density at radius 2 is 1.91 bits per heavy atom. The second kappa shape index (κ2) is 4.58. The van der Waals surface area contributed by atoms with Crippen LogP contribution in [0.15, 0.2) is 29.3 Å². The number of aromatic nitrogens is 4. The van der Waals surface area contributed by atoms with Gasteiger partial charge in [-0.2, -0.15) is 18.3 Å². The van der Waals surface area contributed by atoms with Crippen LogP contribution >= 0.6 is 0 Å². The number of halogens is 3. The monoisotopic (exact) mass is 310 g/mol. The molecular formula is C13H9F3N4O2. The van der Waals surface area contributed by atoms with Crippen LogP contribution in [-0.4, -0.2) is 24.9 Å². The van der Waals surface area contributed by atoms with E-state index in [2.05, 4.69) is 15.1 Å². The van der Waals surface area contributed by atoms with Gasteiger partial charge in [-0.1, -0.05) is 0 Å². The van der Waals surface area contributed by atoms with Crippen molar-refractivity contribution in [3.63, 3.8) is 0 Å². The van der Waals surface area contributed by atoms with E-state index < -0.39 is 28.4 Å². The minimum Gasteiger partial charge on any atom is -0.503 e. The SMILES string of the molecule is Cn1nc(C(F)(F)F)c2c(=O)c(O)c(-c3ccncc3)[nH]c21. The lowest BCUT2D eigenvalue weighted by Crippen LogP contribution is -2.12. The van der Waals surface area contributed by atoms with Crippen LogP contribution in [0.4, 0.5) is 13.2 Å². The largest absolute Gasteiger partial charge is 0.503 e. The summed E-state index contributed by atoms with van der Waals surface area (Å²) >= 11 is 0. The number of nitrogens with one attached hydrogen (secondary N) is 1. The Hall–Kier alpha value is -2.84. The van der Waals surface area contributed by atoms with E-state index in [-0.39, 0.29) is 11.3 Å². The van der Waals surface area contributed by atoms with Crippen molar-refractivity contribution in [3.05, 3.63) is 40.4 Å². The van der Waals surface area contributed by atoms with Gasteiger partial charge in [-0.25, -0.2) is 0 Å². The summed E-state index contributed by atoms with van der Waals surface area (Å²) in [5, 5.41) is 12.6. The van der Waals surface area contributed by atoms with Crippen LogP contribution in [0.3, 0.4) is 0 Å². The molecule has 0 unspecified atom stereocenters. The fourth-order valence-electron chi connectivity index (χ4n) is 2.22. The van der Waals surface area contributed by atoms with Crippen LogP contribution in [-0.2, 0) is 13.2 Å². The third-order valence-corrected chi connectivity index (χ3v) is 3.21. The van der Waals surface area contributed by atoms with Crippen molar-refractivity contribution in [1.29, 1.82) is 0 Å². The number of nitrogens with zero attached hydrogens (tertiary/aromatic N) is 3. The predicted molar refractivity (Wildman–Crippen MR) is 71.2 cm³/mol. The third kappa shape index (κ3) is 2.01. The molecule has 0 aliphatic heterocycles. The van der Waals surface area contributed by atoms with Gasteiger partial charge in [-0.15, -0.1) is 0 Å². The minimum atomic E-state index is -4.79. The van der Waals surface area contributed by atoms with E-state index in [9.17, 15) is 23.1 Å². The Labute approximate surface area is 120 Å². The molecule has 0 bridgehead atoms. The number of fused-ring (bicyclic) bond motifs is 1. The van der Waals surface area contributed by atoms with Crippen molar-refractivity contribution >= 4 is 11.0 Å². The second-order valence-corrected chi connectivity index (χ2v) is 4.61. The summed E-state index contributed by atoms with van der Waals surface area (Å²) in [6.07, 6.45) is -1.93. The van der Waals surface area contributed by atoms with Gasteiger partial charge in [-0.05, 0) is 12.1 Å². The zero-order valence-corrected chi connectivity index (χ0v) is 11.1. The molecule has 0 aliphatic carbocycles. The van der Waals surface area contributed by atoms with Crippen LogP contribution < -0.4 is 5.43 Å². The van der Waals surface area contributed by atoms with Gasteiger partial charge in [0, 0.05) is 25.0 Å². The highest BCUT2D eigenvalue weighted by Crippen LogP contribution is 2.34. The first-order valence-corrected chi connectivity index (χ1v) is 6.10. The van der Waals surface area contributed by atoms with E-state index in [1.165, 1.54) is 31.6 Å². The van der Waals surface area contributed by atoms with Crippen LogP contribution in [0, 0.1) is 0 Å². The molecule has 0 spiro atoms. The molecule has 3 aromatic heterocycles. The number of aromatic amines is 1. The number of alkyl halides is 3. The quantitative estimate of drug-likeness (QED) is 0.720. The first-order chi connectivity index (χ1) is 10.3. The van der Waals surface area contributed by atoms with E-state index in [1.54, 1.807) is 0 Å². The maximum absolute atomic E-state index is 12.9. The molecule has 3 heterocycles. The van der Waals surface area contributed by atoms with Crippen molar-refractivity contribution in [2.24, 2.45) is 7.05 Å². The summed E-state index contributed by atoms with van der Waals surface area (Å²) in [6.45, 7) is 0. The molecule has 0 saturated heterocycles. The smallest absolute Gasteiger partial charge is 0.435 e. The van der Waals surface area contributed by atoms with E-state index in [0.717, 1.165) is 4.68 Å². The summed E-state index contributed by atoms with van der Waals surface area (Å²) in [4.78, 5) is 18.6. The normalized spacial score (nSPS) is 12.0. The number of H-pyrrole nitrogens is 1. The zero-order chi connectivity index (χ0) is 16.1. The van der Waals surface area contributed by atoms with Gasteiger partial charge in [-0.3, -0.25) is 14.5 Å². The van der Waals surface area contributed by atoms with Crippen LogP contribution in [0.2, 0.25) is 0 Å². The molecule has 2 N–H and O–H groups in total.